The van der Waals surface area contributed by atoms with E-state index in [1.807, 2.05) is 31.4 Å². The van der Waals surface area contributed by atoms with E-state index in [1.165, 1.54) is 16.7 Å². The molecule has 0 atom stereocenters. The molecular weight excluding hydrogens is 230 g/mol. The summed E-state index contributed by atoms with van der Waals surface area (Å²) in [4.78, 5) is 0. The molecule has 0 saturated heterocycles. The lowest BCUT2D eigenvalue weighted by molar-refractivity contribution is 1.06. The minimum absolute atomic E-state index is 1.12. The molecule has 0 bridgehead atoms. The molecule has 1 rings (SSSR count). The van der Waals surface area contributed by atoms with Crippen molar-refractivity contribution in [1.82, 2.24) is 5.32 Å². The van der Waals surface area contributed by atoms with Crippen molar-refractivity contribution in [2.45, 2.75) is 27.7 Å². The van der Waals surface area contributed by atoms with Crippen molar-refractivity contribution < 1.29 is 0 Å². The molecule has 0 saturated carbocycles. The molecule has 1 heteroatoms. The Balaban J connectivity index is 2.82. The van der Waals surface area contributed by atoms with Gasteiger partial charge in [0.25, 0.3) is 0 Å². The van der Waals surface area contributed by atoms with Gasteiger partial charge in [0.05, 0.1) is 0 Å². The van der Waals surface area contributed by atoms with Gasteiger partial charge in [0.15, 0.2) is 0 Å². The summed E-state index contributed by atoms with van der Waals surface area (Å²) in [5, 5.41) is 3.26. The van der Waals surface area contributed by atoms with E-state index in [-0.39, 0.29) is 0 Å². The molecule has 1 aromatic rings. The minimum Gasteiger partial charge on any atom is -0.365 e. The Hall–Kier alpha value is -2.02. The summed E-state index contributed by atoms with van der Waals surface area (Å²) in [7, 11) is 0. The summed E-state index contributed by atoms with van der Waals surface area (Å²) in [5.74, 6) is 0. The van der Waals surface area contributed by atoms with Crippen molar-refractivity contribution in [2.24, 2.45) is 0 Å². The van der Waals surface area contributed by atoms with Crippen molar-refractivity contribution in [3.05, 3.63) is 77.7 Å². The fourth-order valence-electron chi connectivity index (χ4n) is 1.78. The van der Waals surface area contributed by atoms with Gasteiger partial charge in [0.1, 0.15) is 0 Å². The molecule has 0 fully saturated rings. The number of allylic oxidation sites excluding steroid dienone is 7. The molecular formula is C18H23N. The van der Waals surface area contributed by atoms with E-state index in [0.717, 1.165) is 5.70 Å². The first-order valence-electron chi connectivity index (χ1n) is 6.63. The molecule has 0 aliphatic heterocycles. The van der Waals surface area contributed by atoms with Gasteiger partial charge < -0.3 is 5.32 Å². The molecule has 1 nitrogen and oxygen atoms in total. The van der Waals surface area contributed by atoms with E-state index in [1.54, 1.807) is 0 Å². The van der Waals surface area contributed by atoms with Crippen molar-refractivity contribution in [3.63, 3.8) is 0 Å². The van der Waals surface area contributed by atoms with Crippen LogP contribution in [0.15, 0.2) is 66.5 Å². The Morgan fingerprint density at radius 3 is 2.58 bits per heavy atom. The highest BCUT2D eigenvalue weighted by molar-refractivity contribution is 5.74. The van der Waals surface area contributed by atoms with Gasteiger partial charge >= 0.3 is 0 Å². The van der Waals surface area contributed by atoms with Crippen LogP contribution in [0.5, 0.6) is 0 Å². The van der Waals surface area contributed by atoms with Crippen molar-refractivity contribution in [2.75, 3.05) is 0 Å². The fourth-order valence-corrected chi connectivity index (χ4v) is 1.78. The van der Waals surface area contributed by atoms with Gasteiger partial charge in [-0.3, -0.25) is 0 Å². The minimum atomic E-state index is 1.12. The van der Waals surface area contributed by atoms with Gasteiger partial charge in [-0.05, 0) is 51.0 Å². The van der Waals surface area contributed by atoms with Gasteiger partial charge in [-0.25, -0.2) is 0 Å². The lowest BCUT2D eigenvalue weighted by Gasteiger charge is -2.06. The van der Waals surface area contributed by atoms with Crippen LogP contribution < -0.4 is 5.32 Å². The third-order valence-electron chi connectivity index (χ3n) is 2.75. The molecule has 19 heavy (non-hydrogen) atoms. The van der Waals surface area contributed by atoms with Crippen LogP contribution in [0.2, 0.25) is 0 Å². The molecule has 0 heterocycles. The predicted molar refractivity (Wildman–Crippen MR) is 85.7 cm³/mol. The second-order valence-corrected chi connectivity index (χ2v) is 4.47. The van der Waals surface area contributed by atoms with Crippen molar-refractivity contribution >= 4 is 5.57 Å². The Bertz CT molecular complexity index is 516. The molecule has 1 N–H and O–H groups in total. The summed E-state index contributed by atoms with van der Waals surface area (Å²) >= 11 is 0. The normalized spacial score (nSPS) is 13.5. The van der Waals surface area contributed by atoms with Crippen LogP contribution in [0.25, 0.3) is 5.57 Å². The molecule has 0 aromatic heterocycles. The van der Waals surface area contributed by atoms with Crippen molar-refractivity contribution in [3.8, 4) is 0 Å². The zero-order valence-electron chi connectivity index (χ0n) is 12.3. The molecule has 1 aromatic carbocycles. The Kier molecular flexibility index (Phi) is 6.45. The lowest BCUT2D eigenvalue weighted by atomic mass is 10.0. The maximum Gasteiger partial charge on any atom is 0.0121 e. The van der Waals surface area contributed by atoms with E-state index in [0.29, 0.717) is 0 Å². The van der Waals surface area contributed by atoms with Gasteiger partial charge in [0, 0.05) is 11.9 Å². The quantitative estimate of drug-likeness (QED) is 0.730. The van der Waals surface area contributed by atoms with Crippen LogP contribution in [-0.4, -0.2) is 0 Å². The summed E-state index contributed by atoms with van der Waals surface area (Å²) < 4.78 is 0. The smallest absolute Gasteiger partial charge is 0.0121 e. The van der Waals surface area contributed by atoms with Crippen LogP contribution >= 0.6 is 0 Å². The summed E-state index contributed by atoms with van der Waals surface area (Å²) in [6.07, 6.45) is 12.2. The number of rotatable bonds is 5. The highest BCUT2D eigenvalue weighted by atomic mass is 14.8. The first-order chi connectivity index (χ1) is 9.17. The first kappa shape index (κ1) is 15.0. The third-order valence-corrected chi connectivity index (χ3v) is 2.75. The number of aryl methyl sites for hydroxylation is 1. The summed E-state index contributed by atoms with van der Waals surface area (Å²) in [5.41, 5.74) is 4.88. The molecule has 0 radical (unpaired) electrons. The van der Waals surface area contributed by atoms with Gasteiger partial charge in [-0.1, -0.05) is 48.1 Å². The second kappa shape index (κ2) is 8.15. The van der Waals surface area contributed by atoms with E-state index in [9.17, 15) is 0 Å². The monoisotopic (exact) mass is 253 g/mol. The number of hydrogen-bond acceptors (Lipinski definition) is 1. The Labute approximate surface area is 117 Å². The van der Waals surface area contributed by atoms with Crippen LogP contribution in [-0.2, 0) is 0 Å². The largest absolute Gasteiger partial charge is 0.365 e. The third kappa shape index (κ3) is 5.43. The fraction of sp³-hybridized carbons (Fsp3) is 0.222. The SMILES string of the molecule is C/C=C\C=C/N/C(C)=C/C(=C\C)c1cccc(C)c1. The van der Waals surface area contributed by atoms with E-state index >= 15 is 0 Å². The zero-order chi connectivity index (χ0) is 14.1. The highest BCUT2D eigenvalue weighted by Gasteiger charge is 1.98. The average molecular weight is 253 g/mol. The maximum atomic E-state index is 3.26. The molecule has 100 valence electrons. The van der Waals surface area contributed by atoms with Crippen LogP contribution in [0.3, 0.4) is 0 Å². The molecule has 0 amide bonds. The summed E-state index contributed by atoms with van der Waals surface area (Å²) in [6, 6.07) is 8.55. The lowest BCUT2D eigenvalue weighted by Crippen LogP contribution is -2.00. The van der Waals surface area contributed by atoms with Crippen LogP contribution in [0.4, 0.5) is 0 Å². The van der Waals surface area contributed by atoms with Gasteiger partial charge in [-0.2, -0.15) is 0 Å². The van der Waals surface area contributed by atoms with E-state index in [4.69, 9.17) is 0 Å². The highest BCUT2D eigenvalue weighted by Crippen LogP contribution is 2.18. The maximum absolute atomic E-state index is 3.26. The first-order valence-corrected chi connectivity index (χ1v) is 6.63. The Morgan fingerprint density at radius 2 is 1.95 bits per heavy atom. The standard InChI is InChI=1S/C18H23N/c1-5-7-8-12-19-16(4)14-17(6-2)18-11-9-10-15(3)13-18/h5-14,19H,1-4H3/b7-5-,12-8-,16-14+,17-6+. The predicted octanol–water partition coefficient (Wildman–Crippen LogP) is 4.98. The van der Waals surface area contributed by atoms with Crippen molar-refractivity contribution in [1.29, 1.82) is 0 Å². The second-order valence-electron chi connectivity index (χ2n) is 4.47. The Morgan fingerprint density at radius 1 is 1.16 bits per heavy atom. The number of hydrogen-bond donors (Lipinski definition) is 1. The zero-order valence-corrected chi connectivity index (χ0v) is 12.3. The molecule has 0 aliphatic rings. The number of benzene rings is 1. The molecule has 0 spiro atoms. The summed E-state index contributed by atoms with van der Waals surface area (Å²) in [6.45, 7) is 8.25. The van der Waals surface area contributed by atoms with Crippen LogP contribution in [0.1, 0.15) is 31.9 Å². The van der Waals surface area contributed by atoms with Gasteiger partial charge in [-0.15, -0.1) is 0 Å². The van der Waals surface area contributed by atoms with Gasteiger partial charge in [0.2, 0.25) is 0 Å². The van der Waals surface area contributed by atoms with Crippen LogP contribution in [0, 0.1) is 6.92 Å². The number of nitrogens with one attached hydrogen (secondary N) is 1. The molecule has 0 aliphatic carbocycles. The molecule has 0 unspecified atom stereocenters. The topological polar surface area (TPSA) is 12.0 Å². The average Bonchev–Trinajstić information content (AvgIpc) is 2.41. The van der Waals surface area contributed by atoms with E-state index < -0.39 is 0 Å². The van der Waals surface area contributed by atoms with E-state index in [2.05, 4.69) is 62.5 Å².